The minimum Gasteiger partial charge on any atom is -0.321 e. The van der Waals surface area contributed by atoms with Gasteiger partial charge in [-0.2, -0.15) is 0 Å². The Labute approximate surface area is 70.7 Å². The van der Waals surface area contributed by atoms with Gasteiger partial charge in [-0.25, -0.2) is 0 Å². The average molecular weight is 155 g/mol. The molecule has 0 aromatic carbocycles. The van der Waals surface area contributed by atoms with Gasteiger partial charge in [0.25, 0.3) is 0 Å². The van der Waals surface area contributed by atoms with E-state index in [1.807, 2.05) is 6.92 Å². The molecule has 0 fully saturated rings. The second kappa shape index (κ2) is 2.98. The Morgan fingerprint density at radius 3 is 1.82 bits per heavy atom. The van der Waals surface area contributed by atoms with Crippen molar-refractivity contribution in [3.63, 3.8) is 0 Å². The van der Waals surface area contributed by atoms with Crippen LogP contribution in [-0.2, 0) is 0 Å². The molecule has 1 atom stereocenters. The lowest BCUT2D eigenvalue weighted by Gasteiger charge is -2.41. The molecular formula is C10H21N. The smallest absolute Gasteiger partial charge is 0.0386 e. The van der Waals surface area contributed by atoms with Gasteiger partial charge in [-0.05, 0) is 25.7 Å². The monoisotopic (exact) mass is 155 g/mol. The number of rotatable bonds is 3. The predicted octanol–water partition coefficient (Wildman–Crippen LogP) is 2.72. The third kappa shape index (κ3) is 1.84. The number of hydrogen-bond acceptors (Lipinski definition) is 1. The zero-order chi connectivity index (χ0) is 9.28. The largest absolute Gasteiger partial charge is 0.321 e. The van der Waals surface area contributed by atoms with E-state index in [9.17, 15) is 0 Å². The number of hydrogen-bond donors (Lipinski definition) is 1. The molecule has 0 aliphatic rings. The topological polar surface area (TPSA) is 26.0 Å². The van der Waals surface area contributed by atoms with Gasteiger partial charge in [0.05, 0.1) is 0 Å². The van der Waals surface area contributed by atoms with Crippen LogP contribution in [0.15, 0.2) is 12.2 Å². The lowest BCUT2D eigenvalue weighted by molar-refractivity contribution is 0.211. The minimum absolute atomic E-state index is 0.138. The van der Waals surface area contributed by atoms with E-state index in [0.717, 1.165) is 12.0 Å². The van der Waals surface area contributed by atoms with Gasteiger partial charge in [-0.15, -0.1) is 0 Å². The Bertz CT molecular complexity index is 154. The first-order valence-corrected chi connectivity index (χ1v) is 4.20. The van der Waals surface area contributed by atoms with Crippen LogP contribution >= 0.6 is 0 Å². The minimum atomic E-state index is -0.248. The first kappa shape index (κ1) is 10.7. The maximum atomic E-state index is 6.15. The molecule has 11 heavy (non-hydrogen) atoms. The molecule has 0 aliphatic heterocycles. The maximum absolute atomic E-state index is 6.15. The summed E-state index contributed by atoms with van der Waals surface area (Å²) in [5.74, 6) is 0. The second-order valence-electron chi connectivity index (χ2n) is 4.22. The van der Waals surface area contributed by atoms with E-state index >= 15 is 0 Å². The zero-order valence-corrected chi connectivity index (χ0v) is 8.49. The summed E-state index contributed by atoms with van der Waals surface area (Å²) in [6.45, 7) is 14.5. The van der Waals surface area contributed by atoms with E-state index in [-0.39, 0.29) is 11.0 Å². The molecule has 0 aromatic rings. The third-order valence-electron chi connectivity index (χ3n) is 3.18. The van der Waals surface area contributed by atoms with Crippen LogP contribution in [0.3, 0.4) is 0 Å². The SMILES string of the molecule is C=C(C)C(C)(N)C(C)(C)CC. The van der Waals surface area contributed by atoms with Crippen LogP contribution in [0.5, 0.6) is 0 Å². The van der Waals surface area contributed by atoms with Gasteiger partial charge < -0.3 is 5.73 Å². The van der Waals surface area contributed by atoms with Crippen LogP contribution in [0.1, 0.15) is 41.0 Å². The summed E-state index contributed by atoms with van der Waals surface area (Å²) >= 11 is 0. The molecule has 0 rings (SSSR count). The molecule has 0 saturated carbocycles. The molecule has 66 valence electrons. The zero-order valence-electron chi connectivity index (χ0n) is 8.49. The van der Waals surface area contributed by atoms with E-state index in [0.29, 0.717) is 0 Å². The van der Waals surface area contributed by atoms with Gasteiger partial charge in [0.1, 0.15) is 0 Å². The summed E-state index contributed by atoms with van der Waals surface area (Å²) < 4.78 is 0. The molecule has 0 amide bonds. The molecule has 0 saturated heterocycles. The highest BCUT2D eigenvalue weighted by Gasteiger charge is 2.36. The summed E-state index contributed by atoms with van der Waals surface area (Å²) in [4.78, 5) is 0. The van der Waals surface area contributed by atoms with Crippen molar-refractivity contribution in [2.45, 2.75) is 46.6 Å². The second-order valence-corrected chi connectivity index (χ2v) is 4.22. The van der Waals surface area contributed by atoms with Gasteiger partial charge in [0, 0.05) is 5.54 Å². The van der Waals surface area contributed by atoms with Gasteiger partial charge >= 0.3 is 0 Å². The summed E-state index contributed by atoms with van der Waals surface area (Å²) in [7, 11) is 0. The first-order chi connectivity index (χ1) is 4.75. The fourth-order valence-electron chi connectivity index (χ4n) is 0.945. The highest BCUT2D eigenvalue weighted by molar-refractivity contribution is 5.16. The van der Waals surface area contributed by atoms with Crippen molar-refractivity contribution in [2.75, 3.05) is 0 Å². The van der Waals surface area contributed by atoms with Crippen molar-refractivity contribution in [2.24, 2.45) is 11.1 Å². The van der Waals surface area contributed by atoms with Gasteiger partial charge in [0.15, 0.2) is 0 Å². The van der Waals surface area contributed by atoms with Gasteiger partial charge in [-0.3, -0.25) is 0 Å². The molecular weight excluding hydrogens is 134 g/mol. The quantitative estimate of drug-likeness (QED) is 0.623. The maximum Gasteiger partial charge on any atom is 0.0386 e. The van der Waals surface area contributed by atoms with Crippen molar-refractivity contribution >= 4 is 0 Å². The molecule has 0 heterocycles. The molecule has 0 aromatic heterocycles. The molecule has 1 nitrogen and oxygen atoms in total. The average Bonchev–Trinajstić information content (AvgIpc) is 1.87. The van der Waals surface area contributed by atoms with E-state index < -0.39 is 0 Å². The van der Waals surface area contributed by atoms with Crippen molar-refractivity contribution in [3.05, 3.63) is 12.2 Å². The summed E-state index contributed by atoms with van der Waals surface area (Å²) in [5.41, 5.74) is 7.10. The molecule has 1 unspecified atom stereocenters. The van der Waals surface area contributed by atoms with Crippen molar-refractivity contribution in [3.8, 4) is 0 Å². The molecule has 0 spiro atoms. The van der Waals surface area contributed by atoms with Crippen molar-refractivity contribution in [1.29, 1.82) is 0 Å². The molecule has 0 radical (unpaired) electrons. The van der Waals surface area contributed by atoms with Crippen LogP contribution in [0.4, 0.5) is 0 Å². The van der Waals surface area contributed by atoms with Crippen molar-refractivity contribution < 1.29 is 0 Å². The van der Waals surface area contributed by atoms with Crippen LogP contribution in [0, 0.1) is 5.41 Å². The fourth-order valence-corrected chi connectivity index (χ4v) is 0.945. The summed E-state index contributed by atoms with van der Waals surface area (Å²) in [6.07, 6.45) is 1.08. The van der Waals surface area contributed by atoms with Crippen LogP contribution in [-0.4, -0.2) is 5.54 Å². The highest BCUT2D eigenvalue weighted by atomic mass is 14.8. The Morgan fingerprint density at radius 2 is 1.73 bits per heavy atom. The van der Waals surface area contributed by atoms with Gasteiger partial charge in [-0.1, -0.05) is 32.9 Å². The van der Waals surface area contributed by atoms with E-state index in [4.69, 9.17) is 5.73 Å². The molecule has 2 N–H and O–H groups in total. The van der Waals surface area contributed by atoms with Crippen LogP contribution in [0.2, 0.25) is 0 Å². The van der Waals surface area contributed by atoms with E-state index in [1.165, 1.54) is 0 Å². The van der Waals surface area contributed by atoms with Crippen LogP contribution in [0.25, 0.3) is 0 Å². The number of nitrogens with two attached hydrogens (primary N) is 1. The van der Waals surface area contributed by atoms with Crippen LogP contribution < -0.4 is 5.73 Å². The standard InChI is InChI=1S/C10H21N/c1-7-9(4,5)10(6,11)8(2)3/h2,7,11H2,1,3-6H3. The Balaban J connectivity index is 4.67. The Hall–Kier alpha value is -0.300. The molecule has 0 aliphatic carbocycles. The lowest BCUT2D eigenvalue weighted by Crippen LogP contribution is -2.50. The van der Waals surface area contributed by atoms with Crippen molar-refractivity contribution in [1.82, 2.24) is 0 Å². The highest BCUT2D eigenvalue weighted by Crippen LogP contribution is 2.36. The predicted molar refractivity (Wildman–Crippen MR) is 51.5 cm³/mol. The first-order valence-electron chi connectivity index (χ1n) is 4.20. The van der Waals surface area contributed by atoms with E-state index in [1.54, 1.807) is 0 Å². The van der Waals surface area contributed by atoms with Gasteiger partial charge in [0.2, 0.25) is 0 Å². The summed E-state index contributed by atoms with van der Waals surface area (Å²) in [6, 6.07) is 0. The third-order valence-corrected chi connectivity index (χ3v) is 3.18. The summed E-state index contributed by atoms with van der Waals surface area (Å²) in [5, 5.41) is 0. The fraction of sp³-hybridized carbons (Fsp3) is 0.800. The Kier molecular flexibility index (Phi) is 2.90. The Morgan fingerprint density at radius 1 is 1.36 bits per heavy atom. The van der Waals surface area contributed by atoms with E-state index in [2.05, 4.69) is 34.3 Å². The normalized spacial score (nSPS) is 17.6. The molecule has 1 heteroatoms. The lowest BCUT2D eigenvalue weighted by atomic mass is 9.69. The molecule has 0 bridgehead atoms.